The summed E-state index contributed by atoms with van der Waals surface area (Å²) in [7, 11) is 4.00. The molecular formula is C23H25FN2O2. The van der Waals surface area contributed by atoms with Gasteiger partial charge in [-0.3, -0.25) is 9.59 Å². The minimum atomic E-state index is -0.411. The first-order valence-corrected chi connectivity index (χ1v) is 9.80. The van der Waals surface area contributed by atoms with Gasteiger partial charge in [0.15, 0.2) is 0 Å². The van der Waals surface area contributed by atoms with E-state index in [4.69, 9.17) is 0 Å². The van der Waals surface area contributed by atoms with Gasteiger partial charge in [-0.15, -0.1) is 0 Å². The van der Waals surface area contributed by atoms with E-state index in [1.165, 1.54) is 17.7 Å². The van der Waals surface area contributed by atoms with Crippen molar-refractivity contribution in [3.63, 3.8) is 0 Å². The van der Waals surface area contributed by atoms with E-state index in [0.717, 1.165) is 30.4 Å². The zero-order chi connectivity index (χ0) is 19.8. The summed E-state index contributed by atoms with van der Waals surface area (Å²) in [4.78, 5) is 29.8. The molecule has 4 nitrogen and oxygen atoms in total. The quantitative estimate of drug-likeness (QED) is 0.765. The molecule has 1 aliphatic carbocycles. The van der Waals surface area contributed by atoms with Crippen LogP contribution in [0.4, 0.5) is 4.39 Å². The molecule has 0 bridgehead atoms. The van der Waals surface area contributed by atoms with Gasteiger partial charge in [0.05, 0.1) is 6.04 Å². The number of Topliss-reactive ketones (excluding diaryl/α,β-unsaturated/α-hetero) is 1. The third-order valence-corrected chi connectivity index (χ3v) is 6.16. The molecule has 1 amide bonds. The van der Waals surface area contributed by atoms with E-state index in [1.54, 1.807) is 17.0 Å². The fourth-order valence-corrected chi connectivity index (χ4v) is 4.33. The number of carbonyl (C=O) groups is 2. The molecule has 28 heavy (non-hydrogen) atoms. The Bertz CT molecular complexity index is 888. The predicted octanol–water partition coefficient (Wildman–Crippen LogP) is 3.21. The van der Waals surface area contributed by atoms with Gasteiger partial charge in [0.25, 0.3) is 5.91 Å². The Kier molecular flexibility index (Phi) is 5.02. The molecule has 4 rings (SSSR count). The number of hydrogen-bond donors (Lipinski definition) is 0. The van der Waals surface area contributed by atoms with Gasteiger partial charge in [0.2, 0.25) is 5.78 Å². The second kappa shape index (κ2) is 7.47. The SMILES string of the molecule is CN(C)[C@H]1C[C@@H](C(=O)C(=O)N2CCc3ccccc3[C@@H]2c2ccc(F)cc2)C1. The normalized spacial score (nSPS) is 23.9. The fraction of sp³-hybridized carbons (Fsp3) is 0.391. The molecule has 146 valence electrons. The van der Waals surface area contributed by atoms with Gasteiger partial charge in [-0.05, 0) is 62.2 Å². The largest absolute Gasteiger partial charge is 0.325 e. The minimum absolute atomic E-state index is 0.189. The van der Waals surface area contributed by atoms with Crippen LogP contribution >= 0.6 is 0 Å². The molecule has 0 saturated heterocycles. The van der Waals surface area contributed by atoms with Crippen LogP contribution < -0.4 is 0 Å². The third kappa shape index (κ3) is 3.35. The highest BCUT2D eigenvalue weighted by Gasteiger charge is 2.42. The molecule has 2 aliphatic rings. The van der Waals surface area contributed by atoms with E-state index in [9.17, 15) is 14.0 Å². The van der Waals surface area contributed by atoms with Gasteiger partial charge in [-0.1, -0.05) is 36.4 Å². The maximum atomic E-state index is 13.5. The highest BCUT2D eigenvalue weighted by molar-refractivity contribution is 6.37. The molecule has 1 atom stereocenters. The van der Waals surface area contributed by atoms with Crippen molar-refractivity contribution < 1.29 is 14.0 Å². The van der Waals surface area contributed by atoms with Crippen LogP contribution in [0.5, 0.6) is 0 Å². The number of hydrogen-bond acceptors (Lipinski definition) is 3. The first-order chi connectivity index (χ1) is 13.5. The van der Waals surface area contributed by atoms with Crippen molar-refractivity contribution in [1.82, 2.24) is 9.80 Å². The number of amides is 1. The summed E-state index contributed by atoms with van der Waals surface area (Å²) >= 11 is 0. The molecule has 0 unspecified atom stereocenters. The van der Waals surface area contributed by atoms with Gasteiger partial charge >= 0.3 is 0 Å². The number of carbonyl (C=O) groups excluding carboxylic acids is 2. The van der Waals surface area contributed by atoms with Gasteiger partial charge < -0.3 is 9.80 Å². The van der Waals surface area contributed by atoms with Crippen LogP contribution in [0.3, 0.4) is 0 Å². The van der Waals surface area contributed by atoms with Gasteiger partial charge in [0.1, 0.15) is 5.82 Å². The fourth-order valence-electron chi connectivity index (χ4n) is 4.33. The van der Waals surface area contributed by atoms with Crippen molar-refractivity contribution in [1.29, 1.82) is 0 Å². The van der Waals surface area contributed by atoms with E-state index in [1.807, 2.05) is 32.3 Å². The predicted molar refractivity (Wildman–Crippen MR) is 105 cm³/mol. The van der Waals surface area contributed by atoms with Crippen LogP contribution in [0.1, 0.15) is 35.6 Å². The molecule has 2 aromatic carbocycles. The highest BCUT2D eigenvalue weighted by Crippen LogP contribution is 2.37. The molecule has 1 saturated carbocycles. The Morgan fingerprint density at radius 2 is 1.71 bits per heavy atom. The number of benzene rings is 2. The van der Waals surface area contributed by atoms with Crippen molar-refractivity contribution in [2.45, 2.75) is 31.3 Å². The van der Waals surface area contributed by atoms with Crippen LogP contribution in [-0.2, 0) is 16.0 Å². The lowest BCUT2D eigenvalue weighted by Gasteiger charge is -2.41. The van der Waals surface area contributed by atoms with Gasteiger partial charge in [-0.25, -0.2) is 4.39 Å². The summed E-state index contributed by atoms with van der Waals surface area (Å²) in [5.74, 6) is -1.20. The molecule has 0 spiro atoms. The van der Waals surface area contributed by atoms with Crippen molar-refractivity contribution in [3.05, 3.63) is 71.0 Å². The summed E-state index contributed by atoms with van der Waals surface area (Å²) in [6, 6.07) is 14.2. The molecule has 1 heterocycles. The number of fused-ring (bicyclic) bond motifs is 1. The van der Waals surface area contributed by atoms with Crippen LogP contribution in [-0.4, -0.2) is 48.2 Å². The topological polar surface area (TPSA) is 40.6 Å². The van der Waals surface area contributed by atoms with Crippen molar-refractivity contribution in [2.24, 2.45) is 5.92 Å². The first kappa shape index (κ1) is 18.8. The molecule has 0 aromatic heterocycles. The Hall–Kier alpha value is -2.53. The van der Waals surface area contributed by atoms with Crippen molar-refractivity contribution >= 4 is 11.7 Å². The number of rotatable bonds is 4. The summed E-state index contributed by atoms with van der Waals surface area (Å²) < 4.78 is 13.5. The van der Waals surface area contributed by atoms with E-state index < -0.39 is 5.91 Å². The zero-order valence-electron chi connectivity index (χ0n) is 16.3. The lowest BCUT2D eigenvalue weighted by atomic mass is 9.76. The van der Waals surface area contributed by atoms with Crippen molar-refractivity contribution in [2.75, 3.05) is 20.6 Å². The Morgan fingerprint density at radius 3 is 2.39 bits per heavy atom. The number of ketones is 1. The van der Waals surface area contributed by atoms with E-state index in [-0.39, 0.29) is 23.6 Å². The molecule has 1 aliphatic heterocycles. The van der Waals surface area contributed by atoms with Crippen LogP contribution in [0.25, 0.3) is 0 Å². The second-order valence-electron chi connectivity index (χ2n) is 8.05. The second-order valence-corrected chi connectivity index (χ2v) is 8.05. The monoisotopic (exact) mass is 380 g/mol. The van der Waals surface area contributed by atoms with E-state index in [2.05, 4.69) is 11.0 Å². The smallest absolute Gasteiger partial charge is 0.291 e. The first-order valence-electron chi connectivity index (χ1n) is 9.80. The van der Waals surface area contributed by atoms with Crippen molar-refractivity contribution in [3.8, 4) is 0 Å². The number of halogens is 1. The summed E-state index contributed by atoms with van der Waals surface area (Å²) in [6.45, 7) is 0.494. The summed E-state index contributed by atoms with van der Waals surface area (Å²) in [5, 5.41) is 0. The Balaban J connectivity index is 1.62. The molecule has 2 aromatic rings. The van der Waals surface area contributed by atoms with Crippen LogP contribution in [0, 0.1) is 11.7 Å². The van der Waals surface area contributed by atoms with E-state index in [0.29, 0.717) is 12.6 Å². The average molecular weight is 380 g/mol. The third-order valence-electron chi connectivity index (χ3n) is 6.16. The average Bonchev–Trinajstić information content (AvgIpc) is 2.65. The molecule has 1 fully saturated rings. The lowest BCUT2D eigenvalue weighted by Crippen LogP contribution is -2.50. The molecule has 5 heteroatoms. The standard InChI is InChI=1S/C23H25FN2O2/c1-25(2)19-13-17(14-19)22(27)23(28)26-12-11-15-5-3-4-6-20(15)21(26)16-7-9-18(24)10-8-16/h3-10,17,19,21H,11-14H2,1-2H3/t17-,19+,21-/m0/s1. The number of nitrogens with zero attached hydrogens (tertiary/aromatic N) is 2. The van der Waals surface area contributed by atoms with Crippen LogP contribution in [0.2, 0.25) is 0 Å². The zero-order valence-corrected chi connectivity index (χ0v) is 16.3. The Morgan fingerprint density at radius 1 is 1.04 bits per heavy atom. The maximum Gasteiger partial charge on any atom is 0.291 e. The summed E-state index contributed by atoms with van der Waals surface area (Å²) in [5.41, 5.74) is 3.01. The highest BCUT2D eigenvalue weighted by atomic mass is 19.1. The molecule has 0 radical (unpaired) electrons. The van der Waals surface area contributed by atoms with Gasteiger partial charge in [-0.2, -0.15) is 0 Å². The molecular weight excluding hydrogens is 355 g/mol. The van der Waals surface area contributed by atoms with Crippen LogP contribution in [0.15, 0.2) is 48.5 Å². The maximum absolute atomic E-state index is 13.5. The Labute approximate surface area is 164 Å². The van der Waals surface area contributed by atoms with E-state index >= 15 is 0 Å². The minimum Gasteiger partial charge on any atom is -0.325 e. The van der Waals surface area contributed by atoms with Gasteiger partial charge in [0, 0.05) is 18.5 Å². The lowest BCUT2D eigenvalue weighted by molar-refractivity contribution is -0.150. The molecule has 0 N–H and O–H groups in total. The summed E-state index contributed by atoms with van der Waals surface area (Å²) in [6.07, 6.45) is 2.20.